The van der Waals surface area contributed by atoms with Gasteiger partial charge in [-0.05, 0) is 31.2 Å². The Morgan fingerprint density at radius 1 is 1.38 bits per heavy atom. The van der Waals surface area contributed by atoms with Crippen LogP contribution in [0.25, 0.3) is 0 Å². The van der Waals surface area contributed by atoms with Crippen LogP contribution >= 0.6 is 0 Å². The number of carbonyl (C=O) groups is 1. The molecule has 8 nitrogen and oxygen atoms in total. The highest BCUT2D eigenvalue weighted by atomic mass is 16.6. The summed E-state index contributed by atoms with van der Waals surface area (Å²) in [6.45, 7) is 2.33. The van der Waals surface area contributed by atoms with Crippen molar-refractivity contribution in [2.45, 2.75) is 6.92 Å². The zero-order chi connectivity index (χ0) is 15.2. The number of hydrogen-bond acceptors (Lipinski definition) is 6. The van der Waals surface area contributed by atoms with Crippen molar-refractivity contribution in [1.29, 1.82) is 0 Å². The maximum absolute atomic E-state index is 12.1. The van der Waals surface area contributed by atoms with Crippen molar-refractivity contribution in [2.75, 3.05) is 17.2 Å². The largest absolute Gasteiger partial charge is 0.380 e. The van der Waals surface area contributed by atoms with E-state index in [-0.39, 0.29) is 5.69 Å². The monoisotopic (exact) mass is 287 g/mol. The molecule has 0 bridgehead atoms. The summed E-state index contributed by atoms with van der Waals surface area (Å²) < 4.78 is 0. The van der Waals surface area contributed by atoms with E-state index in [1.807, 2.05) is 6.92 Å². The molecule has 1 aromatic carbocycles. The maximum Gasteiger partial charge on any atom is 0.292 e. The Hall–Kier alpha value is -3.03. The summed E-state index contributed by atoms with van der Waals surface area (Å²) in [5.74, 6) is -0.101. The summed E-state index contributed by atoms with van der Waals surface area (Å²) in [6.07, 6.45) is 1.49. The van der Waals surface area contributed by atoms with Crippen LogP contribution in [0.5, 0.6) is 0 Å². The highest BCUT2D eigenvalue weighted by molar-refractivity contribution is 6.04. The van der Waals surface area contributed by atoms with Gasteiger partial charge in [-0.1, -0.05) is 0 Å². The van der Waals surface area contributed by atoms with Crippen molar-refractivity contribution in [2.24, 2.45) is 0 Å². The zero-order valence-electron chi connectivity index (χ0n) is 11.2. The fourth-order valence-electron chi connectivity index (χ4n) is 1.73. The standard InChI is InChI=1S/C13H13N5O3/c1-2-14-10-8-9(5-6-11(10)18(20)21)13(19)16-12-4-3-7-15-17-12/h3-8,14H,2H2,1H3,(H,16,17,19). The number of aromatic nitrogens is 2. The first-order valence-electron chi connectivity index (χ1n) is 6.23. The molecule has 108 valence electrons. The zero-order valence-corrected chi connectivity index (χ0v) is 11.2. The number of amides is 1. The second-order valence-corrected chi connectivity index (χ2v) is 4.08. The molecule has 1 amide bonds. The van der Waals surface area contributed by atoms with E-state index in [1.54, 1.807) is 12.1 Å². The van der Waals surface area contributed by atoms with Crippen molar-refractivity contribution >= 4 is 23.1 Å². The smallest absolute Gasteiger partial charge is 0.292 e. The average Bonchev–Trinajstić information content (AvgIpc) is 2.48. The van der Waals surface area contributed by atoms with Crippen molar-refractivity contribution in [3.8, 4) is 0 Å². The fourth-order valence-corrected chi connectivity index (χ4v) is 1.73. The van der Waals surface area contributed by atoms with E-state index in [0.29, 0.717) is 23.6 Å². The lowest BCUT2D eigenvalue weighted by Gasteiger charge is -2.07. The predicted molar refractivity (Wildman–Crippen MR) is 77.2 cm³/mol. The van der Waals surface area contributed by atoms with Gasteiger partial charge in [0, 0.05) is 24.4 Å². The van der Waals surface area contributed by atoms with Gasteiger partial charge in [-0.15, -0.1) is 5.10 Å². The molecule has 2 rings (SSSR count). The molecule has 0 aliphatic heterocycles. The van der Waals surface area contributed by atoms with Crippen molar-refractivity contribution in [3.63, 3.8) is 0 Å². The van der Waals surface area contributed by atoms with Gasteiger partial charge in [0.2, 0.25) is 0 Å². The minimum atomic E-state index is -0.498. The van der Waals surface area contributed by atoms with Crippen LogP contribution in [0, 0.1) is 10.1 Å². The van der Waals surface area contributed by atoms with Crippen LogP contribution in [-0.4, -0.2) is 27.6 Å². The molecular formula is C13H13N5O3. The number of rotatable bonds is 5. The number of carbonyl (C=O) groups excluding carboxylic acids is 1. The first kappa shape index (κ1) is 14.4. The lowest BCUT2D eigenvalue weighted by molar-refractivity contribution is -0.384. The number of benzene rings is 1. The minimum Gasteiger partial charge on any atom is -0.380 e. The predicted octanol–water partition coefficient (Wildman–Crippen LogP) is 2.07. The number of anilines is 2. The number of hydrogen-bond donors (Lipinski definition) is 2. The van der Waals surface area contributed by atoms with Gasteiger partial charge in [0.25, 0.3) is 11.6 Å². The van der Waals surface area contributed by atoms with Crippen LogP contribution in [0.4, 0.5) is 17.2 Å². The second-order valence-electron chi connectivity index (χ2n) is 4.08. The van der Waals surface area contributed by atoms with Gasteiger partial charge in [-0.2, -0.15) is 5.10 Å². The number of nitro benzene ring substituents is 1. The molecule has 2 N–H and O–H groups in total. The Kier molecular flexibility index (Phi) is 4.39. The van der Waals surface area contributed by atoms with Gasteiger partial charge in [0.1, 0.15) is 5.69 Å². The molecule has 0 unspecified atom stereocenters. The van der Waals surface area contributed by atoms with Crippen LogP contribution in [-0.2, 0) is 0 Å². The number of nitrogens with zero attached hydrogens (tertiary/aromatic N) is 3. The van der Waals surface area contributed by atoms with E-state index in [9.17, 15) is 14.9 Å². The lowest BCUT2D eigenvalue weighted by Crippen LogP contribution is -2.14. The third-order valence-electron chi connectivity index (χ3n) is 2.64. The molecule has 0 aliphatic carbocycles. The minimum absolute atomic E-state index is 0.0760. The quantitative estimate of drug-likeness (QED) is 0.643. The first-order valence-corrected chi connectivity index (χ1v) is 6.23. The molecule has 0 atom stereocenters. The molecular weight excluding hydrogens is 274 g/mol. The lowest BCUT2D eigenvalue weighted by atomic mass is 10.1. The normalized spacial score (nSPS) is 9.95. The summed E-state index contributed by atoms with van der Waals surface area (Å²) in [7, 11) is 0. The summed E-state index contributed by atoms with van der Waals surface area (Å²) in [4.78, 5) is 22.5. The van der Waals surface area contributed by atoms with Crippen LogP contribution in [0.2, 0.25) is 0 Å². The van der Waals surface area contributed by atoms with E-state index in [0.717, 1.165) is 0 Å². The Bertz CT molecular complexity index is 660. The Morgan fingerprint density at radius 3 is 2.81 bits per heavy atom. The Balaban J connectivity index is 2.25. The maximum atomic E-state index is 12.1. The molecule has 0 aliphatic rings. The molecule has 0 radical (unpaired) electrons. The first-order chi connectivity index (χ1) is 10.1. The van der Waals surface area contributed by atoms with Crippen molar-refractivity contribution < 1.29 is 9.72 Å². The highest BCUT2D eigenvalue weighted by Gasteiger charge is 2.16. The van der Waals surface area contributed by atoms with E-state index in [4.69, 9.17) is 0 Å². The van der Waals surface area contributed by atoms with Gasteiger partial charge >= 0.3 is 0 Å². The van der Waals surface area contributed by atoms with Crippen molar-refractivity contribution in [1.82, 2.24) is 10.2 Å². The molecule has 1 aromatic heterocycles. The molecule has 0 fully saturated rings. The third kappa shape index (κ3) is 3.50. The van der Waals surface area contributed by atoms with E-state index < -0.39 is 10.8 Å². The average molecular weight is 287 g/mol. The Morgan fingerprint density at radius 2 is 2.19 bits per heavy atom. The van der Waals surface area contributed by atoms with Crippen LogP contribution in [0.1, 0.15) is 17.3 Å². The molecule has 0 saturated heterocycles. The fraction of sp³-hybridized carbons (Fsp3) is 0.154. The highest BCUT2D eigenvalue weighted by Crippen LogP contribution is 2.25. The van der Waals surface area contributed by atoms with Gasteiger partial charge in [-0.25, -0.2) is 0 Å². The third-order valence-corrected chi connectivity index (χ3v) is 2.64. The number of nitrogens with one attached hydrogen (secondary N) is 2. The summed E-state index contributed by atoms with van der Waals surface area (Å²) in [5, 5.41) is 23.7. The van der Waals surface area contributed by atoms with E-state index in [2.05, 4.69) is 20.8 Å². The summed E-state index contributed by atoms with van der Waals surface area (Å²) in [5.41, 5.74) is 0.518. The summed E-state index contributed by atoms with van der Waals surface area (Å²) >= 11 is 0. The molecule has 8 heteroatoms. The van der Waals surface area contributed by atoms with Crippen LogP contribution < -0.4 is 10.6 Å². The molecule has 21 heavy (non-hydrogen) atoms. The Labute approximate surface area is 120 Å². The van der Waals surface area contributed by atoms with Crippen LogP contribution in [0.15, 0.2) is 36.5 Å². The van der Waals surface area contributed by atoms with E-state index >= 15 is 0 Å². The molecule has 1 heterocycles. The molecule has 2 aromatic rings. The molecule has 0 spiro atoms. The second kappa shape index (κ2) is 6.42. The van der Waals surface area contributed by atoms with Gasteiger partial charge in [0.15, 0.2) is 5.82 Å². The van der Waals surface area contributed by atoms with Crippen LogP contribution in [0.3, 0.4) is 0 Å². The SMILES string of the molecule is CCNc1cc(C(=O)Nc2cccnn2)ccc1[N+](=O)[O-]. The topological polar surface area (TPSA) is 110 Å². The van der Waals surface area contributed by atoms with Gasteiger partial charge < -0.3 is 10.6 Å². The molecule has 0 saturated carbocycles. The van der Waals surface area contributed by atoms with E-state index in [1.165, 1.54) is 24.4 Å². The number of nitro groups is 1. The van der Waals surface area contributed by atoms with Gasteiger partial charge in [-0.3, -0.25) is 14.9 Å². The van der Waals surface area contributed by atoms with Crippen molar-refractivity contribution in [3.05, 3.63) is 52.2 Å². The summed E-state index contributed by atoms with van der Waals surface area (Å²) in [6, 6.07) is 7.37. The van der Waals surface area contributed by atoms with Gasteiger partial charge in [0.05, 0.1) is 4.92 Å².